The van der Waals surface area contributed by atoms with E-state index in [4.69, 9.17) is 11.6 Å². The van der Waals surface area contributed by atoms with Crippen LogP contribution in [0.15, 0.2) is 30.3 Å². The van der Waals surface area contributed by atoms with E-state index < -0.39 is 11.7 Å². The fraction of sp³-hybridized carbons (Fsp3) is 0.188. The largest absolute Gasteiger partial charge is 0.417 e. The average Bonchev–Trinajstić information content (AvgIpc) is 2.78. The van der Waals surface area contributed by atoms with Gasteiger partial charge in [-0.3, -0.25) is 4.79 Å². The van der Waals surface area contributed by atoms with Gasteiger partial charge in [-0.1, -0.05) is 23.7 Å². The summed E-state index contributed by atoms with van der Waals surface area (Å²) in [6.07, 6.45) is -4.34. The molecule has 1 aliphatic heterocycles. The molecule has 0 radical (unpaired) electrons. The van der Waals surface area contributed by atoms with Crippen molar-refractivity contribution in [2.75, 3.05) is 5.32 Å². The molecule has 2 aromatic carbocycles. The highest BCUT2D eigenvalue weighted by molar-refractivity contribution is 6.34. The molecular formula is C16H11ClF3NO. The van der Waals surface area contributed by atoms with E-state index in [9.17, 15) is 18.0 Å². The fourth-order valence-corrected chi connectivity index (χ4v) is 3.02. The lowest BCUT2D eigenvalue weighted by molar-refractivity contribution is -0.137. The van der Waals surface area contributed by atoms with Gasteiger partial charge in [0, 0.05) is 0 Å². The average molecular weight is 326 g/mol. The number of aryl methyl sites for hydroxylation is 1. The van der Waals surface area contributed by atoms with Crippen LogP contribution in [0.4, 0.5) is 18.9 Å². The maximum absolute atomic E-state index is 13.3. The van der Waals surface area contributed by atoms with E-state index >= 15 is 0 Å². The highest BCUT2D eigenvalue weighted by Gasteiger charge is 2.34. The van der Waals surface area contributed by atoms with Gasteiger partial charge in [-0.05, 0) is 47.4 Å². The van der Waals surface area contributed by atoms with Crippen molar-refractivity contribution in [2.24, 2.45) is 0 Å². The standard InChI is InChI=1S/C16H11ClF3NO/c1-8-3-2-4-11(16(18,19)20)14(8)9-5-10-7-13(22)21-15(10)12(17)6-9/h2-6H,7H2,1H3,(H,21,22). The summed E-state index contributed by atoms with van der Waals surface area (Å²) in [5.74, 6) is -0.213. The highest BCUT2D eigenvalue weighted by atomic mass is 35.5. The fourth-order valence-electron chi connectivity index (χ4n) is 2.73. The maximum atomic E-state index is 13.3. The summed E-state index contributed by atoms with van der Waals surface area (Å²) in [5.41, 5.74) is 1.36. The molecule has 6 heteroatoms. The molecule has 22 heavy (non-hydrogen) atoms. The van der Waals surface area contributed by atoms with E-state index in [2.05, 4.69) is 5.32 Å². The van der Waals surface area contributed by atoms with Crippen LogP contribution in [0.25, 0.3) is 11.1 Å². The summed E-state index contributed by atoms with van der Waals surface area (Å²) in [4.78, 5) is 11.4. The van der Waals surface area contributed by atoms with Crippen molar-refractivity contribution in [3.8, 4) is 11.1 Å². The second-order valence-corrected chi connectivity index (χ2v) is 5.62. The molecule has 114 valence electrons. The van der Waals surface area contributed by atoms with Crippen molar-refractivity contribution in [1.29, 1.82) is 0 Å². The van der Waals surface area contributed by atoms with E-state index in [1.165, 1.54) is 12.1 Å². The molecule has 0 aliphatic carbocycles. The number of amides is 1. The topological polar surface area (TPSA) is 29.1 Å². The van der Waals surface area contributed by atoms with Crippen molar-refractivity contribution < 1.29 is 18.0 Å². The summed E-state index contributed by atoms with van der Waals surface area (Å²) in [5, 5.41) is 2.86. The molecule has 1 heterocycles. The number of nitrogens with one attached hydrogen (secondary N) is 1. The first-order valence-corrected chi connectivity index (χ1v) is 6.94. The van der Waals surface area contributed by atoms with Crippen LogP contribution in [0.3, 0.4) is 0 Å². The molecule has 0 aromatic heterocycles. The Morgan fingerprint density at radius 3 is 2.64 bits per heavy atom. The van der Waals surface area contributed by atoms with Gasteiger partial charge < -0.3 is 5.32 Å². The molecule has 0 fully saturated rings. The minimum atomic E-state index is -4.46. The second kappa shape index (κ2) is 5.02. The van der Waals surface area contributed by atoms with Crippen molar-refractivity contribution in [2.45, 2.75) is 19.5 Å². The molecule has 1 amide bonds. The zero-order valence-electron chi connectivity index (χ0n) is 11.5. The molecule has 0 atom stereocenters. The quantitative estimate of drug-likeness (QED) is 0.799. The van der Waals surface area contributed by atoms with Gasteiger partial charge in [0.05, 0.1) is 22.7 Å². The molecule has 3 rings (SSSR count). The zero-order chi connectivity index (χ0) is 16.1. The van der Waals surface area contributed by atoms with Crippen molar-refractivity contribution >= 4 is 23.2 Å². The van der Waals surface area contributed by atoms with Crippen molar-refractivity contribution in [1.82, 2.24) is 0 Å². The SMILES string of the molecule is Cc1cccc(C(F)(F)F)c1-c1cc(Cl)c2c(c1)CC(=O)N2. The first-order chi connectivity index (χ1) is 10.3. The van der Waals surface area contributed by atoms with E-state index in [1.54, 1.807) is 19.1 Å². The predicted molar refractivity (Wildman–Crippen MR) is 79.0 cm³/mol. The Bertz CT molecular complexity index is 784. The first-order valence-electron chi connectivity index (χ1n) is 6.57. The number of rotatable bonds is 1. The van der Waals surface area contributed by atoms with Gasteiger partial charge in [0.25, 0.3) is 0 Å². The summed E-state index contributed by atoms with van der Waals surface area (Å²) >= 11 is 6.11. The molecule has 1 aliphatic rings. The molecule has 0 spiro atoms. The maximum Gasteiger partial charge on any atom is 0.417 e. The van der Waals surface area contributed by atoms with Gasteiger partial charge in [0.1, 0.15) is 0 Å². The number of carbonyl (C=O) groups excluding carboxylic acids is 1. The van der Waals surface area contributed by atoms with E-state index in [-0.39, 0.29) is 22.9 Å². The number of fused-ring (bicyclic) bond motifs is 1. The zero-order valence-corrected chi connectivity index (χ0v) is 12.3. The lowest BCUT2D eigenvalue weighted by atomic mass is 9.93. The summed E-state index contributed by atoms with van der Waals surface area (Å²) in [7, 11) is 0. The monoisotopic (exact) mass is 325 g/mol. The van der Waals surface area contributed by atoms with Crippen LogP contribution in [-0.4, -0.2) is 5.91 Å². The number of alkyl halides is 3. The second-order valence-electron chi connectivity index (χ2n) is 5.21. The number of anilines is 1. The molecule has 0 unspecified atom stereocenters. The van der Waals surface area contributed by atoms with E-state index in [1.807, 2.05) is 0 Å². The molecule has 0 bridgehead atoms. The van der Waals surface area contributed by atoms with E-state index in [0.717, 1.165) is 6.07 Å². The van der Waals surface area contributed by atoms with Gasteiger partial charge >= 0.3 is 6.18 Å². The smallest absolute Gasteiger partial charge is 0.324 e. The van der Waals surface area contributed by atoms with Gasteiger partial charge in [-0.15, -0.1) is 0 Å². The third kappa shape index (κ3) is 2.46. The normalized spacial score (nSPS) is 14.0. The molecule has 2 nitrogen and oxygen atoms in total. The first kappa shape index (κ1) is 14.9. The Kier molecular flexibility index (Phi) is 3.40. The Labute approximate surface area is 129 Å². The minimum Gasteiger partial charge on any atom is -0.324 e. The van der Waals surface area contributed by atoms with Crippen LogP contribution in [0.5, 0.6) is 0 Å². The number of benzene rings is 2. The van der Waals surface area contributed by atoms with Gasteiger partial charge in [-0.2, -0.15) is 13.2 Å². The Balaban J connectivity index is 2.24. The summed E-state index contributed by atoms with van der Waals surface area (Å²) in [6, 6.07) is 7.10. The van der Waals surface area contributed by atoms with Crippen LogP contribution in [0, 0.1) is 6.92 Å². The Hall–Kier alpha value is -2.01. The van der Waals surface area contributed by atoms with Crippen molar-refractivity contribution in [3.05, 3.63) is 52.0 Å². The lowest BCUT2D eigenvalue weighted by Crippen LogP contribution is -2.08. The van der Waals surface area contributed by atoms with E-state index in [0.29, 0.717) is 22.4 Å². The van der Waals surface area contributed by atoms with Gasteiger partial charge in [0.15, 0.2) is 0 Å². The number of hydrogen-bond donors (Lipinski definition) is 1. The number of carbonyl (C=O) groups is 1. The number of halogens is 4. The Morgan fingerprint density at radius 2 is 1.95 bits per heavy atom. The summed E-state index contributed by atoms with van der Waals surface area (Å²) in [6.45, 7) is 1.62. The molecular weight excluding hydrogens is 315 g/mol. The Morgan fingerprint density at radius 1 is 1.23 bits per heavy atom. The van der Waals surface area contributed by atoms with Crippen LogP contribution < -0.4 is 5.32 Å². The molecule has 0 saturated heterocycles. The third-order valence-electron chi connectivity index (χ3n) is 3.65. The van der Waals surface area contributed by atoms with Crippen LogP contribution >= 0.6 is 11.6 Å². The van der Waals surface area contributed by atoms with Gasteiger partial charge in [-0.25, -0.2) is 0 Å². The molecule has 2 aromatic rings. The van der Waals surface area contributed by atoms with Crippen LogP contribution in [0.2, 0.25) is 5.02 Å². The lowest BCUT2D eigenvalue weighted by Gasteiger charge is -2.16. The molecule has 0 saturated carbocycles. The summed E-state index contributed by atoms with van der Waals surface area (Å²) < 4.78 is 39.8. The highest BCUT2D eigenvalue weighted by Crippen LogP contribution is 2.42. The minimum absolute atomic E-state index is 0.0963. The van der Waals surface area contributed by atoms with Gasteiger partial charge in [0.2, 0.25) is 5.91 Å². The van der Waals surface area contributed by atoms with Crippen LogP contribution in [0.1, 0.15) is 16.7 Å². The predicted octanol–water partition coefficient (Wildman–Crippen LogP) is 4.83. The van der Waals surface area contributed by atoms with Crippen molar-refractivity contribution in [3.63, 3.8) is 0 Å². The van der Waals surface area contributed by atoms with Crippen LogP contribution in [-0.2, 0) is 17.4 Å². The molecule has 1 N–H and O–H groups in total. The number of hydrogen-bond acceptors (Lipinski definition) is 1. The third-order valence-corrected chi connectivity index (χ3v) is 3.95.